The predicted octanol–water partition coefficient (Wildman–Crippen LogP) is 2.70. The number of hydrogen-bond donors (Lipinski definition) is 1. The summed E-state index contributed by atoms with van der Waals surface area (Å²) in [5.74, 6) is 0.623. The van der Waals surface area contributed by atoms with E-state index in [9.17, 15) is 0 Å². The molecular weight excluding hydrogens is 272 g/mol. The number of aromatic nitrogens is 2. The molecule has 0 aliphatic rings. The van der Waals surface area contributed by atoms with Gasteiger partial charge in [0.25, 0.3) is 0 Å². The second-order valence-corrected chi connectivity index (χ2v) is 6.87. The molecule has 0 atom stereocenters. The highest BCUT2D eigenvalue weighted by molar-refractivity contribution is 7.09. The van der Waals surface area contributed by atoms with Crippen molar-refractivity contribution in [2.75, 3.05) is 18.5 Å². The molecule has 2 aromatic rings. The van der Waals surface area contributed by atoms with E-state index in [1.165, 1.54) is 4.88 Å². The van der Waals surface area contributed by atoms with Crippen molar-refractivity contribution in [1.29, 1.82) is 0 Å². The highest BCUT2D eigenvalue weighted by Gasteiger charge is 2.14. The van der Waals surface area contributed by atoms with Crippen molar-refractivity contribution in [3.8, 4) is 0 Å². The molecule has 6 heteroatoms. The van der Waals surface area contributed by atoms with E-state index in [1.54, 1.807) is 11.3 Å². The first-order valence-corrected chi connectivity index (χ1v) is 7.63. The van der Waals surface area contributed by atoms with Crippen LogP contribution in [0.4, 0.5) is 6.01 Å². The summed E-state index contributed by atoms with van der Waals surface area (Å²) in [5, 5.41) is 13.6. The molecular formula is C14H22N4OS. The molecule has 110 valence electrons. The molecule has 0 amide bonds. The second kappa shape index (κ2) is 6.37. The summed E-state index contributed by atoms with van der Waals surface area (Å²) in [6.07, 6.45) is 0.992. The number of thiophene rings is 1. The van der Waals surface area contributed by atoms with Crippen molar-refractivity contribution in [3.63, 3.8) is 0 Å². The minimum Gasteiger partial charge on any atom is -0.407 e. The monoisotopic (exact) mass is 294 g/mol. The Kier molecular flexibility index (Phi) is 4.77. The van der Waals surface area contributed by atoms with Gasteiger partial charge in [-0.05, 0) is 38.6 Å². The first-order chi connectivity index (χ1) is 9.44. The molecule has 2 aromatic heterocycles. The first-order valence-electron chi connectivity index (χ1n) is 6.75. The van der Waals surface area contributed by atoms with E-state index in [0.29, 0.717) is 18.5 Å². The van der Waals surface area contributed by atoms with Gasteiger partial charge < -0.3 is 14.6 Å². The Hall–Kier alpha value is -1.40. The van der Waals surface area contributed by atoms with Crippen LogP contribution >= 0.6 is 11.3 Å². The molecule has 0 aromatic carbocycles. The molecule has 2 rings (SSSR count). The third-order valence-electron chi connectivity index (χ3n) is 2.83. The molecule has 5 nitrogen and oxygen atoms in total. The maximum absolute atomic E-state index is 5.66. The number of likely N-dealkylation sites (N-methyl/N-ethyl adjacent to an activating group) is 1. The van der Waals surface area contributed by atoms with Gasteiger partial charge in [-0.1, -0.05) is 11.2 Å². The fraction of sp³-hybridized carbons (Fsp3) is 0.571. The topological polar surface area (TPSA) is 54.2 Å². The predicted molar refractivity (Wildman–Crippen MR) is 82.2 cm³/mol. The van der Waals surface area contributed by atoms with Gasteiger partial charge in [0.05, 0.1) is 6.54 Å². The van der Waals surface area contributed by atoms with Crippen LogP contribution in [-0.4, -0.2) is 29.3 Å². The van der Waals surface area contributed by atoms with Crippen LogP contribution in [0.25, 0.3) is 0 Å². The normalized spacial score (nSPS) is 11.8. The summed E-state index contributed by atoms with van der Waals surface area (Å²) >= 11 is 1.77. The van der Waals surface area contributed by atoms with Crippen LogP contribution in [0.15, 0.2) is 21.9 Å². The number of nitrogens with zero attached hydrogens (tertiary/aromatic N) is 3. The number of anilines is 1. The van der Waals surface area contributed by atoms with E-state index in [-0.39, 0.29) is 5.54 Å². The maximum Gasteiger partial charge on any atom is 0.317 e. The summed E-state index contributed by atoms with van der Waals surface area (Å²) in [5.41, 5.74) is 0.0414. The molecule has 0 spiro atoms. The van der Waals surface area contributed by atoms with E-state index in [4.69, 9.17) is 4.42 Å². The Morgan fingerprint density at radius 1 is 1.35 bits per heavy atom. The molecule has 0 fully saturated rings. The van der Waals surface area contributed by atoms with Crippen molar-refractivity contribution < 1.29 is 4.42 Å². The van der Waals surface area contributed by atoms with Crippen LogP contribution in [0.3, 0.4) is 0 Å². The Labute approximate surface area is 124 Å². The smallest absolute Gasteiger partial charge is 0.317 e. The third kappa shape index (κ3) is 4.61. The zero-order chi connectivity index (χ0) is 14.6. The van der Waals surface area contributed by atoms with Gasteiger partial charge in [-0.3, -0.25) is 0 Å². The van der Waals surface area contributed by atoms with E-state index in [2.05, 4.69) is 53.8 Å². The van der Waals surface area contributed by atoms with Crippen molar-refractivity contribution in [1.82, 2.24) is 15.5 Å². The fourth-order valence-corrected chi connectivity index (χ4v) is 2.34. The summed E-state index contributed by atoms with van der Waals surface area (Å²) in [6, 6.07) is 4.79. The van der Waals surface area contributed by atoms with E-state index >= 15 is 0 Å². The molecule has 0 aliphatic carbocycles. The van der Waals surface area contributed by atoms with Crippen LogP contribution in [-0.2, 0) is 13.0 Å². The average Bonchev–Trinajstić information content (AvgIpc) is 3.04. The average molecular weight is 294 g/mol. The minimum atomic E-state index is 0.0414. The number of rotatable bonds is 6. The quantitative estimate of drug-likeness (QED) is 0.887. The van der Waals surface area contributed by atoms with Crippen molar-refractivity contribution in [2.45, 2.75) is 39.3 Å². The van der Waals surface area contributed by atoms with Gasteiger partial charge in [0.15, 0.2) is 0 Å². The lowest BCUT2D eigenvalue weighted by Gasteiger charge is -2.18. The lowest BCUT2D eigenvalue weighted by atomic mass is 10.1. The second-order valence-electron chi connectivity index (χ2n) is 5.83. The molecule has 2 heterocycles. The molecule has 0 saturated heterocycles. The largest absolute Gasteiger partial charge is 0.407 e. The first kappa shape index (κ1) is 15.0. The Balaban J connectivity index is 1.84. The van der Waals surface area contributed by atoms with Crippen LogP contribution in [0.5, 0.6) is 0 Å². The summed E-state index contributed by atoms with van der Waals surface area (Å²) in [6.45, 7) is 7.79. The van der Waals surface area contributed by atoms with Gasteiger partial charge in [-0.25, -0.2) is 0 Å². The van der Waals surface area contributed by atoms with Gasteiger partial charge in [0.1, 0.15) is 0 Å². The molecule has 1 N–H and O–H groups in total. The van der Waals surface area contributed by atoms with Crippen molar-refractivity contribution >= 4 is 17.4 Å². The van der Waals surface area contributed by atoms with Crippen LogP contribution in [0, 0.1) is 0 Å². The van der Waals surface area contributed by atoms with E-state index in [1.807, 2.05) is 11.9 Å². The third-order valence-corrected chi connectivity index (χ3v) is 3.76. The summed E-state index contributed by atoms with van der Waals surface area (Å²) < 4.78 is 5.66. The molecule has 0 unspecified atom stereocenters. The van der Waals surface area contributed by atoms with Gasteiger partial charge in [-0.15, -0.1) is 16.4 Å². The van der Waals surface area contributed by atoms with Crippen LogP contribution < -0.4 is 10.2 Å². The molecule has 0 saturated carbocycles. The van der Waals surface area contributed by atoms with Crippen molar-refractivity contribution in [3.05, 3.63) is 28.3 Å². The van der Waals surface area contributed by atoms with Gasteiger partial charge in [0, 0.05) is 24.0 Å². The SMILES string of the molecule is CN(CCc1cccs1)c1nnc(CNC(C)(C)C)o1. The Morgan fingerprint density at radius 2 is 2.15 bits per heavy atom. The van der Waals surface area contributed by atoms with Crippen LogP contribution in [0.1, 0.15) is 31.5 Å². The van der Waals surface area contributed by atoms with E-state index in [0.717, 1.165) is 13.0 Å². The standard InChI is InChI=1S/C14H22N4OS/c1-14(2,3)15-10-12-16-17-13(19-12)18(4)8-7-11-6-5-9-20-11/h5-6,9,15H,7-8,10H2,1-4H3. The number of nitrogens with one attached hydrogen (secondary N) is 1. The van der Waals surface area contributed by atoms with Gasteiger partial charge in [0.2, 0.25) is 5.89 Å². The Bertz CT molecular complexity index is 516. The van der Waals surface area contributed by atoms with Gasteiger partial charge >= 0.3 is 6.01 Å². The Morgan fingerprint density at radius 3 is 2.80 bits per heavy atom. The maximum atomic E-state index is 5.66. The van der Waals surface area contributed by atoms with E-state index < -0.39 is 0 Å². The highest BCUT2D eigenvalue weighted by Crippen LogP contribution is 2.14. The minimum absolute atomic E-state index is 0.0414. The summed E-state index contributed by atoms with van der Waals surface area (Å²) in [4.78, 5) is 3.36. The lowest BCUT2D eigenvalue weighted by Crippen LogP contribution is -2.35. The molecule has 0 bridgehead atoms. The molecule has 20 heavy (non-hydrogen) atoms. The van der Waals surface area contributed by atoms with Crippen molar-refractivity contribution in [2.24, 2.45) is 0 Å². The highest BCUT2D eigenvalue weighted by atomic mass is 32.1. The number of hydrogen-bond acceptors (Lipinski definition) is 6. The zero-order valence-corrected chi connectivity index (χ0v) is 13.3. The van der Waals surface area contributed by atoms with Crippen LogP contribution in [0.2, 0.25) is 0 Å². The zero-order valence-electron chi connectivity index (χ0n) is 12.5. The summed E-state index contributed by atoms with van der Waals surface area (Å²) in [7, 11) is 1.97. The fourth-order valence-electron chi connectivity index (χ4n) is 1.64. The molecule has 0 aliphatic heterocycles. The molecule has 0 radical (unpaired) electrons. The van der Waals surface area contributed by atoms with Gasteiger partial charge in [-0.2, -0.15) is 0 Å². The lowest BCUT2D eigenvalue weighted by molar-refractivity contribution is 0.381.